The van der Waals surface area contributed by atoms with Gasteiger partial charge in [-0.3, -0.25) is 0 Å². The quantitative estimate of drug-likeness (QED) is 0.597. The van der Waals surface area contributed by atoms with Crippen LogP contribution in [0.1, 0.15) is 15.9 Å². The molecule has 0 aliphatic heterocycles. The third kappa shape index (κ3) is 2.27. The number of hydrogen-bond donors (Lipinski definition) is 1. The molecular weight excluding hydrogens is 227 g/mol. The molecule has 0 aliphatic rings. The molecule has 0 aliphatic carbocycles. The Morgan fingerprint density at radius 3 is 2.71 bits per heavy atom. The predicted octanol–water partition coefficient (Wildman–Crippen LogP) is 1.83. The summed E-state index contributed by atoms with van der Waals surface area (Å²) in [7, 11) is 1.29. The van der Waals surface area contributed by atoms with Crippen molar-refractivity contribution in [3.05, 3.63) is 22.5 Å². The molecule has 78 valence electrons. The molecule has 0 aromatic carbocycles. The highest BCUT2D eigenvalue weighted by molar-refractivity contribution is 6.32. The van der Waals surface area contributed by atoms with Gasteiger partial charge in [-0.1, -0.05) is 11.6 Å². The predicted molar refractivity (Wildman–Crippen MR) is 57.0 cm³/mol. The van der Waals surface area contributed by atoms with E-state index in [9.17, 15) is 4.79 Å². The lowest BCUT2D eigenvalue weighted by atomic mass is 10.1. The van der Waals surface area contributed by atoms with E-state index >= 15 is 0 Å². The van der Waals surface area contributed by atoms with E-state index in [0.717, 1.165) is 0 Å². The molecule has 14 heavy (non-hydrogen) atoms. The fourth-order valence-corrected chi connectivity index (χ4v) is 1.12. The topological polar surface area (TPSA) is 65.2 Å². The monoisotopic (exact) mass is 236 g/mol. The SMILES string of the molecule is COC(=O)c1c(C)cnc(Cl)c1N.Cl. The first kappa shape index (κ1) is 13.0. The van der Waals surface area contributed by atoms with Gasteiger partial charge < -0.3 is 10.5 Å². The molecule has 2 N–H and O–H groups in total. The maximum absolute atomic E-state index is 11.2. The van der Waals surface area contributed by atoms with Crippen LogP contribution in [0.2, 0.25) is 5.15 Å². The summed E-state index contributed by atoms with van der Waals surface area (Å²) in [5.74, 6) is -0.501. The number of nitrogens with zero attached hydrogens (tertiary/aromatic N) is 1. The number of halogens is 2. The number of esters is 1. The Kier molecular flexibility index (Phi) is 4.67. The number of hydrogen-bond acceptors (Lipinski definition) is 4. The van der Waals surface area contributed by atoms with E-state index < -0.39 is 5.97 Å². The van der Waals surface area contributed by atoms with Crippen molar-refractivity contribution in [2.45, 2.75) is 6.92 Å². The van der Waals surface area contributed by atoms with E-state index in [1.54, 1.807) is 6.92 Å². The van der Waals surface area contributed by atoms with Crippen LogP contribution in [0.3, 0.4) is 0 Å². The number of carbonyl (C=O) groups excluding carboxylic acids is 1. The number of carbonyl (C=O) groups is 1. The van der Waals surface area contributed by atoms with E-state index in [1.165, 1.54) is 13.3 Å². The van der Waals surface area contributed by atoms with E-state index in [2.05, 4.69) is 9.72 Å². The average molecular weight is 237 g/mol. The third-order valence-corrected chi connectivity index (χ3v) is 1.95. The van der Waals surface area contributed by atoms with Crippen LogP contribution in [0.4, 0.5) is 5.69 Å². The first-order chi connectivity index (χ1) is 6.07. The molecule has 0 unspecified atom stereocenters. The number of nitrogens with two attached hydrogens (primary N) is 1. The highest BCUT2D eigenvalue weighted by atomic mass is 35.5. The van der Waals surface area contributed by atoms with Gasteiger partial charge in [0.25, 0.3) is 0 Å². The zero-order valence-corrected chi connectivity index (χ0v) is 9.28. The second kappa shape index (κ2) is 5.02. The number of ether oxygens (including phenoxy) is 1. The molecule has 0 atom stereocenters. The number of aromatic nitrogens is 1. The minimum absolute atomic E-state index is 0. The smallest absolute Gasteiger partial charge is 0.340 e. The Morgan fingerprint density at radius 2 is 2.21 bits per heavy atom. The molecule has 0 spiro atoms. The Labute approximate surface area is 92.8 Å². The normalized spacial score (nSPS) is 9.07. The van der Waals surface area contributed by atoms with Crippen LogP contribution < -0.4 is 5.73 Å². The zero-order valence-electron chi connectivity index (χ0n) is 7.70. The van der Waals surface area contributed by atoms with Crippen molar-refractivity contribution < 1.29 is 9.53 Å². The molecule has 1 aromatic heterocycles. The highest BCUT2D eigenvalue weighted by Gasteiger charge is 2.16. The molecule has 0 saturated carbocycles. The third-order valence-electron chi connectivity index (χ3n) is 1.65. The molecule has 0 radical (unpaired) electrons. The molecule has 0 saturated heterocycles. The van der Waals surface area contributed by atoms with Gasteiger partial charge in [0.05, 0.1) is 18.4 Å². The average Bonchev–Trinajstić information content (AvgIpc) is 2.12. The highest BCUT2D eigenvalue weighted by Crippen LogP contribution is 2.23. The Hall–Kier alpha value is -1.000. The number of methoxy groups -OCH3 is 1. The molecule has 1 rings (SSSR count). The molecule has 6 heteroatoms. The molecule has 1 aromatic rings. The first-order valence-electron chi connectivity index (χ1n) is 3.56. The summed E-state index contributed by atoms with van der Waals surface area (Å²) >= 11 is 5.64. The van der Waals surface area contributed by atoms with Gasteiger partial charge in [-0.15, -0.1) is 12.4 Å². The van der Waals surface area contributed by atoms with Crippen LogP contribution in [-0.4, -0.2) is 18.1 Å². The largest absolute Gasteiger partial charge is 0.465 e. The first-order valence-corrected chi connectivity index (χ1v) is 3.94. The second-order valence-corrected chi connectivity index (χ2v) is 2.87. The van der Waals surface area contributed by atoms with E-state index in [4.69, 9.17) is 17.3 Å². The summed E-state index contributed by atoms with van der Waals surface area (Å²) in [5, 5.41) is 0.117. The lowest BCUT2D eigenvalue weighted by Gasteiger charge is -2.07. The van der Waals surface area contributed by atoms with E-state index in [0.29, 0.717) is 5.56 Å². The summed E-state index contributed by atoms with van der Waals surface area (Å²) in [6.45, 7) is 1.71. The minimum Gasteiger partial charge on any atom is -0.465 e. The lowest BCUT2D eigenvalue weighted by molar-refractivity contribution is 0.0601. The van der Waals surface area contributed by atoms with Crippen molar-refractivity contribution in [1.29, 1.82) is 0 Å². The Bertz CT molecular complexity index is 355. The maximum atomic E-state index is 11.2. The van der Waals surface area contributed by atoms with Gasteiger partial charge in [0.2, 0.25) is 0 Å². The van der Waals surface area contributed by atoms with Gasteiger partial charge in [0.1, 0.15) is 0 Å². The molecule has 0 fully saturated rings. The number of pyridine rings is 1. The van der Waals surface area contributed by atoms with Gasteiger partial charge in [-0.25, -0.2) is 9.78 Å². The van der Waals surface area contributed by atoms with Crippen molar-refractivity contribution >= 4 is 35.7 Å². The summed E-state index contributed by atoms with van der Waals surface area (Å²) in [6, 6.07) is 0. The Balaban J connectivity index is 0.00000169. The van der Waals surface area contributed by atoms with Crippen LogP contribution in [0.15, 0.2) is 6.20 Å². The van der Waals surface area contributed by atoms with Gasteiger partial charge in [0, 0.05) is 6.20 Å². The van der Waals surface area contributed by atoms with E-state index in [-0.39, 0.29) is 28.8 Å². The van der Waals surface area contributed by atoms with Gasteiger partial charge in [-0.2, -0.15) is 0 Å². The van der Waals surface area contributed by atoms with Gasteiger partial charge in [-0.05, 0) is 12.5 Å². The summed E-state index contributed by atoms with van der Waals surface area (Å²) in [6.07, 6.45) is 1.48. The lowest BCUT2D eigenvalue weighted by Crippen LogP contribution is -2.09. The van der Waals surface area contributed by atoms with Crippen molar-refractivity contribution in [1.82, 2.24) is 4.98 Å². The molecule has 0 amide bonds. The van der Waals surface area contributed by atoms with Crippen LogP contribution in [0.5, 0.6) is 0 Å². The Morgan fingerprint density at radius 1 is 1.64 bits per heavy atom. The van der Waals surface area contributed by atoms with Crippen molar-refractivity contribution in [2.75, 3.05) is 12.8 Å². The van der Waals surface area contributed by atoms with E-state index in [1.807, 2.05) is 0 Å². The number of anilines is 1. The number of nitrogen functional groups attached to an aromatic ring is 1. The van der Waals surface area contributed by atoms with Crippen molar-refractivity contribution in [3.8, 4) is 0 Å². The van der Waals surface area contributed by atoms with Gasteiger partial charge >= 0.3 is 5.97 Å². The zero-order chi connectivity index (χ0) is 10.0. The second-order valence-electron chi connectivity index (χ2n) is 2.51. The van der Waals surface area contributed by atoms with Crippen LogP contribution in [-0.2, 0) is 4.74 Å². The van der Waals surface area contributed by atoms with Crippen LogP contribution in [0, 0.1) is 6.92 Å². The molecule has 0 bridgehead atoms. The summed E-state index contributed by atoms with van der Waals surface area (Å²) in [4.78, 5) is 15.0. The fraction of sp³-hybridized carbons (Fsp3) is 0.250. The molecule has 1 heterocycles. The molecule has 4 nitrogen and oxygen atoms in total. The number of aryl methyl sites for hydroxylation is 1. The van der Waals surface area contributed by atoms with Crippen molar-refractivity contribution in [3.63, 3.8) is 0 Å². The van der Waals surface area contributed by atoms with Crippen LogP contribution in [0.25, 0.3) is 0 Å². The maximum Gasteiger partial charge on any atom is 0.340 e. The summed E-state index contributed by atoms with van der Waals surface area (Å²) < 4.78 is 4.55. The fourth-order valence-electron chi connectivity index (χ4n) is 0.976. The van der Waals surface area contributed by atoms with Gasteiger partial charge in [0.15, 0.2) is 5.15 Å². The number of rotatable bonds is 1. The minimum atomic E-state index is -0.501. The van der Waals surface area contributed by atoms with Crippen molar-refractivity contribution in [2.24, 2.45) is 0 Å². The summed E-state index contributed by atoms with van der Waals surface area (Å²) in [5.41, 5.74) is 6.65. The standard InChI is InChI=1S/C8H9ClN2O2.ClH/c1-4-3-11-7(9)6(10)5(4)8(12)13-2;/h3H,10H2,1-2H3;1H. The van der Waals surface area contributed by atoms with Crippen LogP contribution >= 0.6 is 24.0 Å². The molecular formula is C8H10Cl2N2O2.